The molecule has 0 spiro atoms. The minimum absolute atomic E-state index is 0.322. The van der Waals surface area contributed by atoms with Crippen LogP contribution in [0, 0.1) is 5.92 Å². The van der Waals surface area contributed by atoms with Gasteiger partial charge in [-0.2, -0.15) is 0 Å². The quantitative estimate of drug-likeness (QED) is 0.523. The van der Waals surface area contributed by atoms with Crippen LogP contribution >= 0.6 is 0 Å². The molecule has 0 saturated carbocycles. The van der Waals surface area contributed by atoms with E-state index >= 15 is 0 Å². The van der Waals surface area contributed by atoms with Crippen LogP contribution in [0.4, 0.5) is 0 Å². The van der Waals surface area contributed by atoms with E-state index in [-0.39, 0.29) is 0 Å². The van der Waals surface area contributed by atoms with Crippen LogP contribution in [0.15, 0.2) is 0 Å². The van der Waals surface area contributed by atoms with Gasteiger partial charge in [-0.25, -0.2) is 0 Å². The van der Waals surface area contributed by atoms with E-state index in [0.29, 0.717) is 39.0 Å². The third-order valence-corrected chi connectivity index (χ3v) is 4.01. The van der Waals surface area contributed by atoms with Gasteiger partial charge in [0.15, 0.2) is 0 Å². The van der Waals surface area contributed by atoms with E-state index in [1.165, 1.54) is 6.42 Å². The summed E-state index contributed by atoms with van der Waals surface area (Å²) in [6.45, 7) is 12.8. The van der Waals surface area contributed by atoms with Crippen molar-refractivity contribution in [3.05, 3.63) is 0 Å². The number of hydrogen-bond acceptors (Lipinski definition) is 5. The maximum absolute atomic E-state index is 10.1. The molecular weight excluding hydrogens is 270 g/mol. The summed E-state index contributed by atoms with van der Waals surface area (Å²) >= 11 is 0. The van der Waals surface area contributed by atoms with Gasteiger partial charge < -0.3 is 19.3 Å². The van der Waals surface area contributed by atoms with E-state index in [1.54, 1.807) is 0 Å². The fourth-order valence-corrected chi connectivity index (χ4v) is 2.23. The summed E-state index contributed by atoms with van der Waals surface area (Å²) in [5.74, 6) is 0.322. The molecule has 0 aliphatic carbocycles. The Bertz CT molecular complexity index is 255. The average Bonchev–Trinajstić information content (AvgIpc) is 2.42. The molecule has 1 rings (SSSR count). The Kier molecular flexibility index (Phi) is 9.44. The molecule has 1 N–H and O–H groups in total. The molecule has 0 atom stereocenters. The van der Waals surface area contributed by atoms with Crippen LogP contribution in [-0.2, 0) is 14.2 Å². The first kappa shape index (κ1) is 18.8. The Balaban J connectivity index is 1.78. The van der Waals surface area contributed by atoms with Crippen molar-refractivity contribution in [2.45, 2.75) is 39.2 Å². The topological polar surface area (TPSA) is 51.2 Å². The second kappa shape index (κ2) is 10.5. The molecular formula is C16H33NO4. The van der Waals surface area contributed by atoms with Crippen LogP contribution in [0.1, 0.15) is 33.6 Å². The van der Waals surface area contributed by atoms with Gasteiger partial charge in [-0.1, -0.05) is 27.2 Å². The molecule has 0 aromatic heterocycles. The number of hydrogen-bond donors (Lipinski definition) is 1. The van der Waals surface area contributed by atoms with Crippen LogP contribution in [0.2, 0.25) is 0 Å². The van der Waals surface area contributed by atoms with Gasteiger partial charge in [0.1, 0.15) is 0 Å². The van der Waals surface area contributed by atoms with Gasteiger partial charge in [0.05, 0.1) is 38.6 Å². The van der Waals surface area contributed by atoms with E-state index in [0.717, 1.165) is 32.7 Å². The standard InChI is InChI=1S/C16H33NO4/c1-4-5-7-19-9-11-21-12-10-20-8-6-17-13-16(18,14-17)15(2)3/h15,18H,4-14H2,1-3H3. The van der Waals surface area contributed by atoms with Crippen LogP contribution < -0.4 is 0 Å². The lowest BCUT2D eigenvalue weighted by atomic mass is 9.83. The van der Waals surface area contributed by atoms with Crippen molar-refractivity contribution in [3.63, 3.8) is 0 Å². The lowest BCUT2D eigenvalue weighted by molar-refractivity contribution is -0.132. The van der Waals surface area contributed by atoms with Gasteiger partial charge in [0.2, 0.25) is 0 Å². The first-order valence-electron chi connectivity index (χ1n) is 8.26. The van der Waals surface area contributed by atoms with Crippen molar-refractivity contribution in [2.75, 3.05) is 59.3 Å². The van der Waals surface area contributed by atoms with Gasteiger partial charge in [-0.15, -0.1) is 0 Å². The average molecular weight is 303 g/mol. The molecule has 21 heavy (non-hydrogen) atoms. The van der Waals surface area contributed by atoms with Gasteiger partial charge in [0, 0.05) is 26.2 Å². The number of ether oxygens (including phenoxy) is 3. The number of unbranched alkanes of at least 4 members (excludes halogenated alkanes) is 1. The van der Waals surface area contributed by atoms with Gasteiger partial charge in [-0.3, -0.25) is 4.90 Å². The molecule has 0 amide bonds. The maximum atomic E-state index is 10.1. The minimum Gasteiger partial charge on any atom is -0.387 e. The summed E-state index contributed by atoms with van der Waals surface area (Å²) in [5.41, 5.74) is -0.485. The second-order valence-corrected chi connectivity index (χ2v) is 6.16. The summed E-state index contributed by atoms with van der Waals surface area (Å²) in [4.78, 5) is 2.22. The van der Waals surface area contributed by atoms with Crippen molar-refractivity contribution in [2.24, 2.45) is 5.92 Å². The zero-order valence-electron chi connectivity index (χ0n) is 14.0. The first-order chi connectivity index (χ1) is 10.1. The predicted molar refractivity (Wildman–Crippen MR) is 83.6 cm³/mol. The molecule has 0 aromatic carbocycles. The smallest absolute Gasteiger partial charge is 0.0922 e. The zero-order valence-corrected chi connectivity index (χ0v) is 14.0. The molecule has 0 bridgehead atoms. The van der Waals surface area contributed by atoms with Gasteiger partial charge in [0.25, 0.3) is 0 Å². The Morgan fingerprint density at radius 3 is 2.00 bits per heavy atom. The summed E-state index contributed by atoms with van der Waals surface area (Å²) in [6.07, 6.45) is 2.28. The van der Waals surface area contributed by atoms with Crippen molar-refractivity contribution in [1.29, 1.82) is 0 Å². The van der Waals surface area contributed by atoms with E-state index in [2.05, 4.69) is 25.7 Å². The lowest BCUT2D eigenvalue weighted by Gasteiger charge is -2.49. The molecule has 0 radical (unpaired) electrons. The molecule has 0 aromatic rings. The van der Waals surface area contributed by atoms with Crippen LogP contribution in [-0.4, -0.2) is 74.9 Å². The highest BCUT2D eigenvalue weighted by Crippen LogP contribution is 2.27. The van der Waals surface area contributed by atoms with Crippen LogP contribution in [0.25, 0.3) is 0 Å². The maximum Gasteiger partial charge on any atom is 0.0922 e. The number of aliphatic hydroxyl groups is 1. The molecule has 1 saturated heterocycles. The third kappa shape index (κ3) is 7.56. The summed E-state index contributed by atoms with van der Waals surface area (Å²) in [6, 6.07) is 0. The Morgan fingerprint density at radius 2 is 1.48 bits per heavy atom. The number of likely N-dealkylation sites (tertiary alicyclic amines) is 1. The fraction of sp³-hybridized carbons (Fsp3) is 1.00. The fourth-order valence-electron chi connectivity index (χ4n) is 2.23. The minimum atomic E-state index is -0.485. The van der Waals surface area contributed by atoms with E-state index < -0.39 is 5.60 Å². The zero-order chi connectivity index (χ0) is 15.6. The molecule has 1 fully saturated rings. The molecule has 5 heteroatoms. The predicted octanol–water partition coefficient (Wildman–Crippen LogP) is 1.54. The molecule has 1 aliphatic rings. The van der Waals surface area contributed by atoms with Crippen LogP contribution in [0.5, 0.6) is 0 Å². The summed E-state index contributed by atoms with van der Waals surface area (Å²) < 4.78 is 16.3. The number of nitrogens with zero attached hydrogens (tertiary/aromatic N) is 1. The molecule has 5 nitrogen and oxygen atoms in total. The summed E-state index contributed by atoms with van der Waals surface area (Å²) in [7, 11) is 0. The Labute approximate surface area is 129 Å². The van der Waals surface area contributed by atoms with E-state index in [1.807, 2.05) is 0 Å². The SMILES string of the molecule is CCCCOCCOCCOCCN1CC(O)(C(C)C)C1. The number of rotatable bonds is 13. The van der Waals surface area contributed by atoms with Gasteiger partial charge >= 0.3 is 0 Å². The van der Waals surface area contributed by atoms with E-state index in [4.69, 9.17) is 14.2 Å². The molecule has 0 unspecified atom stereocenters. The highest BCUT2D eigenvalue weighted by molar-refractivity contribution is 4.97. The highest BCUT2D eigenvalue weighted by Gasteiger charge is 2.42. The first-order valence-corrected chi connectivity index (χ1v) is 8.26. The monoisotopic (exact) mass is 303 g/mol. The lowest BCUT2D eigenvalue weighted by Crippen LogP contribution is -2.64. The molecule has 126 valence electrons. The Hall–Kier alpha value is -0.200. The van der Waals surface area contributed by atoms with E-state index in [9.17, 15) is 5.11 Å². The molecule has 1 aliphatic heterocycles. The van der Waals surface area contributed by atoms with Gasteiger partial charge in [-0.05, 0) is 12.3 Å². The Morgan fingerprint density at radius 1 is 0.952 bits per heavy atom. The number of β-amino-alcohol motifs (C(OH)–C–C–N with tert-alkyl or cyclic N) is 1. The molecule has 1 heterocycles. The largest absolute Gasteiger partial charge is 0.387 e. The third-order valence-electron chi connectivity index (χ3n) is 4.01. The van der Waals surface area contributed by atoms with Crippen LogP contribution in [0.3, 0.4) is 0 Å². The van der Waals surface area contributed by atoms with Crippen molar-refractivity contribution < 1.29 is 19.3 Å². The normalized spacial score (nSPS) is 18.1. The van der Waals surface area contributed by atoms with Crippen molar-refractivity contribution >= 4 is 0 Å². The van der Waals surface area contributed by atoms with Crippen molar-refractivity contribution in [1.82, 2.24) is 4.90 Å². The second-order valence-electron chi connectivity index (χ2n) is 6.16. The van der Waals surface area contributed by atoms with Crippen molar-refractivity contribution in [3.8, 4) is 0 Å². The highest BCUT2D eigenvalue weighted by atomic mass is 16.5. The summed E-state index contributed by atoms with van der Waals surface area (Å²) in [5, 5.41) is 10.1.